The normalized spacial score (nSPS) is 17.3. The Morgan fingerprint density at radius 3 is 3.00 bits per heavy atom. The molecule has 4 nitrogen and oxygen atoms in total. The Kier molecular flexibility index (Phi) is 5.33. The van der Waals surface area contributed by atoms with E-state index in [0.717, 1.165) is 56.1 Å². The maximum Gasteiger partial charge on any atom is 0.144 e. The van der Waals surface area contributed by atoms with Crippen molar-refractivity contribution in [3.05, 3.63) is 18.2 Å². The molecule has 1 aromatic carbocycles. The number of rotatable bonds is 7. The first-order valence-corrected chi connectivity index (χ1v) is 7.10. The van der Waals surface area contributed by atoms with Crippen LogP contribution in [0.3, 0.4) is 0 Å². The average Bonchev–Trinajstić information content (AvgIpc) is 2.45. The second-order valence-electron chi connectivity index (χ2n) is 4.88. The van der Waals surface area contributed by atoms with Crippen LogP contribution < -0.4 is 15.4 Å². The minimum Gasteiger partial charge on any atom is -0.491 e. The van der Waals surface area contributed by atoms with Gasteiger partial charge in [-0.1, -0.05) is 13.0 Å². The Hall–Kier alpha value is -1.42. The molecular weight excluding hydrogens is 240 g/mol. The number of nitrogens with one attached hydrogen (secondary N) is 2. The summed E-state index contributed by atoms with van der Waals surface area (Å²) >= 11 is 0. The molecule has 0 aliphatic carbocycles. The Morgan fingerprint density at radius 1 is 1.32 bits per heavy atom. The van der Waals surface area contributed by atoms with Gasteiger partial charge in [-0.15, -0.1) is 0 Å². The van der Waals surface area contributed by atoms with Crippen LogP contribution in [-0.2, 0) is 4.74 Å². The monoisotopic (exact) mass is 264 g/mol. The Labute approximate surface area is 115 Å². The van der Waals surface area contributed by atoms with E-state index in [0.29, 0.717) is 6.04 Å². The van der Waals surface area contributed by atoms with Crippen molar-refractivity contribution in [1.29, 1.82) is 0 Å². The van der Waals surface area contributed by atoms with Crippen molar-refractivity contribution in [3.8, 4) is 5.75 Å². The molecule has 0 spiro atoms. The zero-order valence-electron chi connectivity index (χ0n) is 11.9. The van der Waals surface area contributed by atoms with Gasteiger partial charge >= 0.3 is 0 Å². The zero-order chi connectivity index (χ0) is 13.5. The molecule has 2 N–H and O–H groups in total. The highest BCUT2D eigenvalue weighted by atomic mass is 16.5. The molecular formula is C15H24N2O2. The van der Waals surface area contributed by atoms with Gasteiger partial charge in [-0.05, 0) is 31.4 Å². The summed E-state index contributed by atoms with van der Waals surface area (Å²) in [5, 5.41) is 7.06. The first-order chi connectivity index (χ1) is 9.35. The number of hydrogen-bond donors (Lipinski definition) is 2. The Bertz CT molecular complexity index is 396. The molecule has 0 aromatic heterocycles. The van der Waals surface area contributed by atoms with Gasteiger partial charge < -0.3 is 20.1 Å². The molecule has 0 fully saturated rings. The van der Waals surface area contributed by atoms with Gasteiger partial charge in [0.05, 0.1) is 12.3 Å². The first kappa shape index (κ1) is 14.0. The maximum absolute atomic E-state index is 5.76. The highest BCUT2D eigenvalue weighted by molar-refractivity contribution is 5.77. The van der Waals surface area contributed by atoms with Gasteiger partial charge in [0.1, 0.15) is 11.4 Å². The van der Waals surface area contributed by atoms with Crippen molar-refractivity contribution in [2.24, 2.45) is 0 Å². The van der Waals surface area contributed by atoms with Crippen molar-refractivity contribution in [3.63, 3.8) is 0 Å². The number of methoxy groups -OCH3 is 1. The van der Waals surface area contributed by atoms with Crippen LogP contribution in [0, 0.1) is 0 Å². The van der Waals surface area contributed by atoms with Crippen LogP contribution in [0.25, 0.3) is 0 Å². The molecule has 1 heterocycles. The van der Waals surface area contributed by atoms with Crippen LogP contribution in [0.15, 0.2) is 18.2 Å². The molecule has 2 rings (SSSR count). The minimum absolute atomic E-state index is 0.462. The second-order valence-corrected chi connectivity index (χ2v) is 4.88. The molecule has 1 unspecified atom stereocenters. The summed E-state index contributed by atoms with van der Waals surface area (Å²) < 4.78 is 10.9. The molecule has 0 amide bonds. The molecule has 1 atom stereocenters. The van der Waals surface area contributed by atoms with Crippen molar-refractivity contribution < 1.29 is 9.47 Å². The lowest BCUT2D eigenvalue weighted by molar-refractivity contribution is 0.191. The summed E-state index contributed by atoms with van der Waals surface area (Å²) in [5.41, 5.74) is 2.24. The van der Waals surface area contributed by atoms with Crippen molar-refractivity contribution in [2.75, 3.05) is 37.5 Å². The van der Waals surface area contributed by atoms with Gasteiger partial charge in [-0.3, -0.25) is 0 Å². The Balaban J connectivity index is 1.97. The van der Waals surface area contributed by atoms with Crippen LogP contribution in [0.4, 0.5) is 11.4 Å². The van der Waals surface area contributed by atoms with Gasteiger partial charge in [0.25, 0.3) is 0 Å². The average molecular weight is 264 g/mol. The zero-order valence-corrected chi connectivity index (χ0v) is 11.9. The summed E-state index contributed by atoms with van der Waals surface area (Å²) in [6, 6.07) is 6.62. The third-order valence-electron chi connectivity index (χ3n) is 3.27. The maximum atomic E-state index is 5.76. The second kappa shape index (κ2) is 7.24. The van der Waals surface area contributed by atoms with E-state index in [1.807, 2.05) is 12.1 Å². The minimum atomic E-state index is 0.462. The largest absolute Gasteiger partial charge is 0.491 e. The summed E-state index contributed by atoms with van der Waals surface area (Å²) in [6.07, 6.45) is 3.22. The Morgan fingerprint density at radius 2 is 2.21 bits per heavy atom. The molecule has 1 aromatic rings. The predicted molar refractivity (Wildman–Crippen MR) is 79.2 cm³/mol. The molecule has 0 bridgehead atoms. The third-order valence-corrected chi connectivity index (χ3v) is 3.27. The number of benzene rings is 1. The van der Waals surface area contributed by atoms with Crippen LogP contribution >= 0.6 is 0 Å². The van der Waals surface area contributed by atoms with Crippen LogP contribution in [0.2, 0.25) is 0 Å². The summed E-state index contributed by atoms with van der Waals surface area (Å²) in [7, 11) is 1.75. The van der Waals surface area contributed by atoms with E-state index in [9.17, 15) is 0 Å². The molecule has 106 valence electrons. The molecule has 0 radical (unpaired) electrons. The lowest BCUT2D eigenvalue weighted by Crippen LogP contribution is -2.33. The van der Waals surface area contributed by atoms with Crippen molar-refractivity contribution >= 4 is 11.4 Å². The quantitative estimate of drug-likeness (QED) is 0.743. The molecule has 0 saturated heterocycles. The number of fused-ring (bicyclic) bond motifs is 1. The standard InChI is InChI=1S/C15H24N2O2/c1-3-9-19-14-8-4-7-13-15(14)16-11-12(17-13)6-5-10-18-2/h4,7-8,12,16-17H,3,5-6,9-11H2,1-2H3. The topological polar surface area (TPSA) is 42.5 Å². The van der Waals surface area contributed by atoms with Crippen LogP contribution in [-0.4, -0.2) is 32.9 Å². The van der Waals surface area contributed by atoms with E-state index in [1.54, 1.807) is 7.11 Å². The predicted octanol–water partition coefficient (Wildman–Crippen LogP) is 3.11. The van der Waals surface area contributed by atoms with Crippen LogP contribution in [0.5, 0.6) is 5.75 Å². The number of hydrogen-bond acceptors (Lipinski definition) is 4. The molecule has 1 aliphatic heterocycles. The number of anilines is 2. The van der Waals surface area contributed by atoms with E-state index >= 15 is 0 Å². The molecule has 19 heavy (non-hydrogen) atoms. The highest BCUT2D eigenvalue weighted by Gasteiger charge is 2.19. The van der Waals surface area contributed by atoms with Crippen molar-refractivity contribution in [2.45, 2.75) is 32.2 Å². The lowest BCUT2D eigenvalue weighted by atomic mass is 10.1. The van der Waals surface area contributed by atoms with Gasteiger partial charge in [-0.25, -0.2) is 0 Å². The summed E-state index contributed by atoms with van der Waals surface area (Å²) in [6.45, 7) is 4.64. The van der Waals surface area contributed by atoms with E-state index in [1.165, 1.54) is 0 Å². The van der Waals surface area contributed by atoms with Gasteiger partial charge in [0.2, 0.25) is 0 Å². The van der Waals surface area contributed by atoms with Crippen LogP contribution in [0.1, 0.15) is 26.2 Å². The smallest absolute Gasteiger partial charge is 0.144 e. The van der Waals surface area contributed by atoms with Gasteiger partial charge in [0.15, 0.2) is 0 Å². The summed E-state index contributed by atoms with van der Waals surface area (Å²) in [5.74, 6) is 0.946. The van der Waals surface area contributed by atoms with Gasteiger partial charge in [0, 0.05) is 26.3 Å². The fourth-order valence-electron chi connectivity index (χ4n) is 2.31. The lowest BCUT2D eigenvalue weighted by Gasteiger charge is -2.29. The van der Waals surface area contributed by atoms with Crippen molar-refractivity contribution in [1.82, 2.24) is 0 Å². The number of para-hydroxylation sites is 1. The molecule has 4 heteroatoms. The number of ether oxygens (including phenoxy) is 2. The molecule has 1 aliphatic rings. The first-order valence-electron chi connectivity index (χ1n) is 7.10. The third kappa shape index (κ3) is 3.77. The van der Waals surface area contributed by atoms with E-state index < -0.39 is 0 Å². The summed E-state index contributed by atoms with van der Waals surface area (Å²) in [4.78, 5) is 0. The van der Waals surface area contributed by atoms with E-state index in [4.69, 9.17) is 9.47 Å². The van der Waals surface area contributed by atoms with E-state index in [2.05, 4.69) is 23.6 Å². The fraction of sp³-hybridized carbons (Fsp3) is 0.600. The van der Waals surface area contributed by atoms with E-state index in [-0.39, 0.29) is 0 Å². The van der Waals surface area contributed by atoms with Gasteiger partial charge in [-0.2, -0.15) is 0 Å². The molecule has 0 saturated carbocycles. The fourth-order valence-corrected chi connectivity index (χ4v) is 2.31. The highest BCUT2D eigenvalue weighted by Crippen LogP contribution is 2.35. The SMILES string of the molecule is CCCOc1cccc2c1NCC(CCCOC)N2.